The Morgan fingerprint density at radius 2 is 2.00 bits per heavy atom. The van der Waals surface area contributed by atoms with Crippen LogP contribution in [0.25, 0.3) is 0 Å². The predicted molar refractivity (Wildman–Crippen MR) is 58.6 cm³/mol. The molecule has 1 aromatic carbocycles. The van der Waals surface area contributed by atoms with Crippen molar-refractivity contribution in [2.24, 2.45) is 0 Å². The minimum absolute atomic E-state index is 0.726. The standard InChI is InChI=1S/C12H17NO/c1-14-12-8-10(6-7-11(12)13)9-4-2-3-5-9/h6-9H,2-5,13H2,1H3. The molecule has 0 atom stereocenters. The summed E-state index contributed by atoms with van der Waals surface area (Å²) in [7, 11) is 1.67. The average molecular weight is 191 g/mol. The van der Waals surface area contributed by atoms with E-state index in [9.17, 15) is 0 Å². The number of rotatable bonds is 2. The van der Waals surface area contributed by atoms with Crippen molar-refractivity contribution in [1.82, 2.24) is 0 Å². The van der Waals surface area contributed by atoms with Gasteiger partial charge in [-0.2, -0.15) is 0 Å². The topological polar surface area (TPSA) is 35.2 Å². The van der Waals surface area contributed by atoms with Crippen LogP contribution in [0.5, 0.6) is 5.75 Å². The van der Waals surface area contributed by atoms with Crippen LogP contribution >= 0.6 is 0 Å². The molecule has 0 unspecified atom stereocenters. The Labute approximate surface area is 85.1 Å². The third-order valence-electron chi connectivity index (χ3n) is 3.08. The van der Waals surface area contributed by atoms with Crippen molar-refractivity contribution in [3.05, 3.63) is 23.8 Å². The van der Waals surface area contributed by atoms with Crippen LogP contribution in [0.2, 0.25) is 0 Å². The first-order valence-corrected chi connectivity index (χ1v) is 5.24. The van der Waals surface area contributed by atoms with Crippen molar-refractivity contribution in [2.45, 2.75) is 31.6 Å². The maximum absolute atomic E-state index is 5.77. The third-order valence-corrected chi connectivity index (χ3v) is 3.08. The highest BCUT2D eigenvalue weighted by Gasteiger charge is 2.17. The van der Waals surface area contributed by atoms with Crippen molar-refractivity contribution < 1.29 is 4.74 Å². The number of benzene rings is 1. The Balaban J connectivity index is 2.25. The van der Waals surface area contributed by atoms with Gasteiger partial charge in [0.25, 0.3) is 0 Å². The normalized spacial score (nSPS) is 17.2. The lowest BCUT2D eigenvalue weighted by atomic mass is 9.97. The number of hydrogen-bond donors (Lipinski definition) is 1. The van der Waals surface area contributed by atoms with Crippen LogP contribution in [-0.4, -0.2) is 7.11 Å². The van der Waals surface area contributed by atoms with Gasteiger partial charge in [0.1, 0.15) is 5.75 Å². The fourth-order valence-corrected chi connectivity index (χ4v) is 2.24. The second kappa shape index (κ2) is 3.91. The van der Waals surface area contributed by atoms with E-state index in [4.69, 9.17) is 10.5 Å². The van der Waals surface area contributed by atoms with E-state index in [1.54, 1.807) is 7.11 Å². The van der Waals surface area contributed by atoms with E-state index in [-0.39, 0.29) is 0 Å². The number of nitrogen functional groups attached to an aromatic ring is 1. The zero-order valence-electron chi connectivity index (χ0n) is 8.62. The summed E-state index contributed by atoms with van der Waals surface area (Å²) in [6, 6.07) is 6.17. The molecule has 0 radical (unpaired) electrons. The van der Waals surface area contributed by atoms with Crippen LogP contribution in [0.3, 0.4) is 0 Å². The third kappa shape index (κ3) is 1.69. The predicted octanol–water partition coefficient (Wildman–Crippen LogP) is 2.94. The zero-order chi connectivity index (χ0) is 9.97. The summed E-state index contributed by atoms with van der Waals surface area (Å²) >= 11 is 0. The molecule has 0 aromatic heterocycles. The summed E-state index contributed by atoms with van der Waals surface area (Å²) in [4.78, 5) is 0. The van der Waals surface area contributed by atoms with Gasteiger partial charge in [-0.25, -0.2) is 0 Å². The summed E-state index contributed by atoms with van der Waals surface area (Å²) in [5.74, 6) is 1.54. The molecule has 1 aromatic rings. The van der Waals surface area contributed by atoms with Gasteiger partial charge in [-0.05, 0) is 36.5 Å². The second-order valence-corrected chi connectivity index (χ2v) is 3.98. The highest BCUT2D eigenvalue weighted by Crippen LogP contribution is 2.36. The summed E-state index contributed by atoms with van der Waals surface area (Å²) in [5.41, 5.74) is 7.89. The lowest BCUT2D eigenvalue weighted by molar-refractivity contribution is 0.416. The summed E-state index contributed by atoms with van der Waals surface area (Å²) in [6.07, 6.45) is 5.34. The molecule has 1 aliphatic rings. The van der Waals surface area contributed by atoms with Crippen molar-refractivity contribution in [2.75, 3.05) is 12.8 Å². The van der Waals surface area contributed by atoms with Crippen molar-refractivity contribution in [3.63, 3.8) is 0 Å². The molecule has 76 valence electrons. The van der Waals surface area contributed by atoms with Gasteiger partial charge in [0.05, 0.1) is 12.8 Å². The van der Waals surface area contributed by atoms with Crippen LogP contribution in [0.1, 0.15) is 37.2 Å². The van der Waals surface area contributed by atoms with Crippen LogP contribution in [0.15, 0.2) is 18.2 Å². The fourth-order valence-electron chi connectivity index (χ4n) is 2.24. The second-order valence-electron chi connectivity index (χ2n) is 3.98. The molecule has 0 heterocycles. The zero-order valence-corrected chi connectivity index (χ0v) is 8.62. The van der Waals surface area contributed by atoms with Gasteiger partial charge in [0.15, 0.2) is 0 Å². The first-order chi connectivity index (χ1) is 6.81. The lowest BCUT2D eigenvalue weighted by Crippen LogP contribution is -1.96. The van der Waals surface area contributed by atoms with Crippen LogP contribution < -0.4 is 10.5 Å². The number of nitrogens with two attached hydrogens (primary N) is 1. The molecule has 14 heavy (non-hydrogen) atoms. The molecule has 2 rings (SSSR count). The van der Waals surface area contributed by atoms with E-state index in [0.29, 0.717) is 0 Å². The highest BCUT2D eigenvalue weighted by atomic mass is 16.5. The molecular formula is C12H17NO. The van der Waals surface area contributed by atoms with E-state index in [1.165, 1.54) is 31.2 Å². The Bertz CT molecular complexity index is 316. The number of anilines is 1. The molecular weight excluding hydrogens is 174 g/mol. The van der Waals surface area contributed by atoms with E-state index in [1.807, 2.05) is 6.07 Å². The van der Waals surface area contributed by atoms with E-state index in [0.717, 1.165) is 17.4 Å². The van der Waals surface area contributed by atoms with Gasteiger partial charge in [-0.3, -0.25) is 0 Å². The Kier molecular flexibility index (Phi) is 2.62. The summed E-state index contributed by atoms with van der Waals surface area (Å²) < 4.78 is 5.22. The first kappa shape index (κ1) is 9.38. The van der Waals surface area contributed by atoms with Gasteiger partial charge in [0, 0.05) is 0 Å². The molecule has 2 N–H and O–H groups in total. The van der Waals surface area contributed by atoms with Gasteiger partial charge >= 0.3 is 0 Å². The summed E-state index contributed by atoms with van der Waals surface area (Å²) in [5, 5.41) is 0. The minimum atomic E-state index is 0.726. The van der Waals surface area contributed by atoms with Crippen molar-refractivity contribution in [1.29, 1.82) is 0 Å². The smallest absolute Gasteiger partial charge is 0.142 e. The van der Waals surface area contributed by atoms with Crippen LogP contribution in [0.4, 0.5) is 5.69 Å². The number of methoxy groups -OCH3 is 1. The van der Waals surface area contributed by atoms with Gasteiger partial charge in [0.2, 0.25) is 0 Å². The van der Waals surface area contributed by atoms with Gasteiger partial charge in [-0.1, -0.05) is 18.9 Å². The van der Waals surface area contributed by atoms with E-state index < -0.39 is 0 Å². The lowest BCUT2D eigenvalue weighted by Gasteiger charge is -2.12. The van der Waals surface area contributed by atoms with Gasteiger partial charge in [-0.15, -0.1) is 0 Å². The first-order valence-electron chi connectivity index (χ1n) is 5.24. The molecule has 0 saturated heterocycles. The van der Waals surface area contributed by atoms with Crippen molar-refractivity contribution >= 4 is 5.69 Å². The molecule has 0 amide bonds. The minimum Gasteiger partial charge on any atom is -0.495 e. The van der Waals surface area contributed by atoms with Gasteiger partial charge < -0.3 is 10.5 Å². The summed E-state index contributed by atoms with van der Waals surface area (Å²) in [6.45, 7) is 0. The van der Waals surface area contributed by atoms with E-state index >= 15 is 0 Å². The molecule has 1 aliphatic carbocycles. The quantitative estimate of drug-likeness (QED) is 0.729. The molecule has 2 heteroatoms. The highest BCUT2D eigenvalue weighted by molar-refractivity contribution is 5.54. The SMILES string of the molecule is COc1cc(C2CCCC2)ccc1N. The average Bonchev–Trinajstić information content (AvgIpc) is 2.71. The van der Waals surface area contributed by atoms with Crippen LogP contribution in [-0.2, 0) is 0 Å². The molecule has 0 spiro atoms. The fraction of sp³-hybridized carbons (Fsp3) is 0.500. The van der Waals surface area contributed by atoms with E-state index in [2.05, 4.69) is 12.1 Å². The monoisotopic (exact) mass is 191 g/mol. The molecule has 2 nitrogen and oxygen atoms in total. The molecule has 0 bridgehead atoms. The largest absolute Gasteiger partial charge is 0.495 e. The van der Waals surface area contributed by atoms with Crippen molar-refractivity contribution in [3.8, 4) is 5.75 Å². The number of hydrogen-bond acceptors (Lipinski definition) is 2. The maximum Gasteiger partial charge on any atom is 0.142 e. The molecule has 1 saturated carbocycles. The molecule has 1 fully saturated rings. The molecule has 0 aliphatic heterocycles. The Morgan fingerprint density at radius 1 is 1.29 bits per heavy atom. The van der Waals surface area contributed by atoms with Crippen LogP contribution in [0, 0.1) is 0 Å². The Morgan fingerprint density at radius 3 is 2.64 bits per heavy atom. The Hall–Kier alpha value is -1.18. The number of ether oxygens (including phenoxy) is 1. The maximum atomic E-state index is 5.77.